The second-order valence-corrected chi connectivity index (χ2v) is 5.83. The molecule has 0 saturated heterocycles. The number of carbonyl (C=O) groups excluding carboxylic acids is 1. The Labute approximate surface area is 136 Å². The van der Waals surface area contributed by atoms with E-state index >= 15 is 0 Å². The molecule has 0 saturated carbocycles. The van der Waals surface area contributed by atoms with E-state index in [0.717, 1.165) is 36.3 Å². The van der Waals surface area contributed by atoms with Gasteiger partial charge >= 0.3 is 0 Å². The van der Waals surface area contributed by atoms with Crippen LogP contribution in [0.3, 0.4) is 0 Å². The molecule has 1 amide bonds. The second kappa shape index (κ2) is 9.05. The van der Waals surface area contributed by atoms with Crippen molar-refractivity contribution in [3.05, 3.63) is 28.2 Å². The fourth-order valence-corrected chi connectivity index (χ4v) is 2.65. The third-order valence-electron chi connectivity index (χ3n) is 3.53. The van der Waals surface area contributed by atoms with Gasteiger partial charge in [0.2, 0.25) is 5.91 Å². The highest BCUT2D eigenvalue weighted by Crippen LogP contribution is 2.23. The molecule has 0 atom stereocenters. The van der Waals surface area contributed by atoms with Crippen LogP contribution in [-0.2, 0) is 11.3 Å². The molecular formula is C16H26BrN3O. The van der Waals surface area contributed by atoms with Crippen molar-refractivity contribution in [2.75, 3.05) is 38.1 Å². The number of anilines is 1. The number of nitrogens with zero attached hydrogens (tertiary/aromatic N) is 2. The summed E-state index contributed by atoms with van der Waals surface area (Å²) >= 11 is 3.61. The van der Waals surface area contributed by atoms with Crippen molar-refractivity contribution in [2.45, 2.75) is 27.3 Å². The van der Waals surface area contributed by atoms with E-state index in [1.807, 2.05) is 30.7 Å². The first-order valence-corrected chi connectivity index (χ1v) is 8.30. The quantitative estimate of drug-likeness (QED) is 0.778. The largest absolute Gasteiger partial charge is 0.365 e. The lowest BCUT2D eigenvalue weighted by molar-refractivity contribution is -0.129. The average molecular weight is 356 g/mol. The summed E-state index contributed by atoms with van der Waals surface area (Å²) in [5, 5.41) is 3.31. The molecule has 4 nitrogen and oxygen atoms in total. The summed E-state index contributed by atoms with van der Waals surface area (Å²) in [6, 6.07) is 6.23. The maximum Gasteiger partial charge on any atom is 0.242 e. The minimum absolute atomic E-state index is 0.162. The Hall–Kier alpha value is -1.07. The SMILES string of the molecule is CCNCc1ccc(N(C)CC(=O)N(CC)CC)cc1Br. The van der Waals surface area contributed by atoms with E-state index in [9.17, 15) is 4.79 Å². The molecule has 1 rings (SSSR count). The minimum Gasteiger partial charge on any atom is -0.365 e. The third kappa shape index (κ3) is 5.32. The summed E-state index contributed by atoms with van der Waals surface area (Å²) in [7, 11) is 1.95. The fraction of sp³-hybridized carbons (Fsp3) is 0.562. The topological polar surface area (TPSA) is 35.6 Å². The Bertz CT molecular complexity index is 461. The average Bonchev–Trinajstić information content (AvgIpc) is 2.47. The highest BCUT2D eigenvalue weighted by atomic mass is 79.9. The summed E-state index contributed by atoms with van der Waals surface area (Å²) in [6.45, 7) is 9.82. The van der Waals surface area contributed by atoms with Crippen LogP contribution in [-0.4, -0.2) is 44.0 Å². The Balaban J connectivity index is 2.72. The van der Waals surface area contributed by atoms with Crippen molar-refractivity contribution < 1.29 is 4.79 Å². The van der Waals surface area contributed by atoms with E-state index in [0.29, 0.717) is 6.54 Å². The zero-order valence-electron chi connectivity index (χ0n) is 13.4. The van der Waals surface area contributed by atoms with Crippen molar-refractivity contribution in [3.63, 3.8) is 0 Å². The lowest BCUT2D eigenvalue weighted by Crippen LogP contribution is -2.38. The number of benzene rings is 1. The lowest BCUT2D eigenvalue weighted by atomic mass is 10.2. The third-order valence-corrected chi connectivity index (χ3v) is 4.27. The van der Waals surface area contributed by atoms with Crippen molar-refractivity contribution in [2.24, 2.45) is 0 Å². The molecule has 0 aliphatic heterocycles. The monoisotopic (exact) mass is 355 g/mol. The van der Waals surface area contributed by atoms with E-state index in [2.05, 4.69) is 46.4 Å². The highest BCUT2D eigenvalue weighted by Gasteiger charge is 2.13. The standard InChI is InChI=1S/C16H26BrN3O/c1-5-18-11-13-8-9-14(10-15(13)17)19(4)12-16(21)20(6-2)7-3/h8-10,18H,5-7,11-12H2,1-4H3. The Morgan fingerprint density at radius 2 is 1.90 bits per heavy atom. The molecule has 0 fully saturated rings. The van der Waals surface area contributed by atoms with Gasteiger partial charge in [0, 0.05) is 36.8 Å². The van der Waals surface area contributed by atoms with Crippen LogP contribution in [0.5, 0.6) is 0 Å². The predicted octanol–water partition coefficient (Wildman–Crippen LogP) is 2.86. The van der Waals surface area contributed by atoms with Gasteiger partial charge in [-0.2, -0.15) is 0 Å². The van der Waals surface area contributed by atoms with Gasteiger partial charge in [0.15, 0.2) is 0 Å². The zero-order chi connectivity index (χ0) is 15.8. The van der Waals surface area contributed by atoms with Gasteiger partial charge < -0.3 is 15.1 Å². The van der Waals surface area contributed by atoms with Crippen LogP contribution in [0.2, 0.25) is 0 Å². The van der Waals surface area contributed by atoms with Crippen molar-refractivity contribution >= 4 is 27.5 Å². The molecule has 0 aromatic heterocycles. The van der Waals surface area contributed by atoms with Crippen molar-refractivity contribution in [1.29, 1.82) is 0 Å². The first kappa shape index (κ1) is 18.0. The van der Waals surface area contributed by atoms with Crippen molar-refractivity contribution in [1.82, 2.24) is 10.2 Å². The van der Waals surface area contributed by atoms with Crippen LogP contribution in [0, 0.1) is 0 Å². The summed E-state index contributed by atoms with van der Waals surface area (Å²) in [5.41, 5.74) is 2.27. The number of carbonyl (C=O) groups is 1. The minimum atomic E-state index is 0.162. The van der Waals surface area contributed by atoms with E-state index in [1.54, 1.807) is 0 Å². The molecule has 0 spiro atoms. The highest BCUT2D eigenvalue weighted by molar-refractivity contribution is 9.10. The second-order valence-electron chi connectivity index (χ2n) is 4.98. The van der Waals surface area contributed by atoms with Gasteiger partial charge in [-0.15, -0.1) is 0 Å². The van der Waals surface area contributed by atoms with E-state index in [-0.39, 0.29) is 5.91 Å². The molecule has 0 unspecified atom stereocenters. The van der Waals surface area contributed by atoms with E-state index < -0.39 is 0 Å². The Kier molecular flexibility index (Phi) is 7.75. The van der Waals surface area contributed by atoms with Gasteiger partial charge in [-0.1, -0.05) is 28.9 Å². The molecule has 1 N–H and O–H groups in total. The number of halogens is 1. The maximum atomic E-state index is 12.1. The van der Waals surface area contributed by atoms with Crippen LogP contribution in [0.25, 0.3) is 0 Å². The van der Waals surface area contributed by atoms with E-state index in [1.165, 1.54) is 5.56 Å². The van der Waals surface area contributed by atoms with Crippen LogP contribution in [0.4, 0.5) is 5.69 Å². The molecule has 5 heteroatoms. The normalized spacial score (nSPS) is 10.5. The lowest BCUT2D eigenvalue weighted by Gasteiger charge is -2.24. The number of rotatable bonds is 8. The molecule has 21 heavy (non-hydrogen) atoms. The summed E-state index contributed by atoms with van der Waals surface area (Å²) in [5.74, 6) is 0.162. The molecule has 0 radical (unpaired) electrons. The predicted molar refractivity (Wildman–Crippen MR) is 92.7 cm³/mol. The number of nitrogens with one attached hydrogen (secondary N) is 1. The number of hydrogen-bond donors (Lipinski definition) is 1. The first-order valence-electron chi connectivity index (χ1n) is 7.51. The Morgan fingerprint density at radius 3 is 2.43 bits per heavy atom. The fourth-order valence-electron chi connectivity index (χ4n) is 2.15. The zero-order valence-corrected chi connectivity index (χ0v) is 15.0. The van der Waals surface area contributed by atoms with Crippen LogP contribution in [0.1, 0.15) is 26.3 Å². The molecule has 1 aromatic rings. The van der Waals surface area contributed by atoms with Crippen molar-refractivity contribution in [3.8, 4) is 0 Å². The van der Waals surface area contributed by atoms with Gasteiger partial charge in [0.05, 0.1) is 6.54 Å². The Morgan fingerprint density at radius 1 is 1.24 bits per heavy atom. The first-order chi connectivity index (χ1) is 10.0. The molecule has 0 bridgehead atoms. The van der Waals surface area contributed by atoms with Crippen LogP contribution in [0.15, 0.2) is 22.7 Å². The van der Waals surface area contributed by atoms with Gasteiger partial charge in [-0.05, 0) is 38.1 Å². The van der Waals surface area contributed by atoms with Crippen LogP contribution >= 0.6 is 15.9 Å². The van der Waals surface area contributed by atoms with Gasteiger partial charge in [-0.3, -0.25) is 4.79 Å². The number of hydrogen-bond acceptors (Lipinski definition) is 3. The summed E-state index contributed by atoms with van der Waals surface area (Å²) < 4.78 is 1.07. The van der Waals surface area contributed by atoms with Crippen LogP contribution < -0.4 is 10.2 Å². The molecule has 1 aromatic carbocycles. The van der Waals surface area contributed by atoms with Gasteiger partial charge in [0.25, 0.3) is 0 Å². The molecule has 118 valence electrons. The summed E-state index contributed by atoms with van der Waals surface area (Å²) in [4.78, 5) is 16.0. The van der Waals surface area contributed by atoms with E-state index in [4.69, 9.17) is 0 Å². The van der Waals surface area contributed by atoms with Gasteiger partial charge in [-0.25, -0.2) is 0 Å². The molecule has 0 heterocycles. The maximum absolute atomic E-state index is 12.1. The number of likely N-dealkylation sites (N-methyl/N-ethyl adjacent to an activating group) is 2. The summed E-state index contributed by atoms with van der Waals surface area (Å²) in [6.07, 6.45) is 0. The smallest absolute Gasteiger partial charge is 0.242 e. The molecular weight excluding hydrogens is 330 g/mol. The molecule has 0 aliphatic rings. The van der Waals surface area contributed by atoms with Gasteiger partial charge in [0.1, 0.15) is 0 Å². The number of amides is 1. The molecule has 0 aliphatic carbocycles.